The van der Waals surface area contributed by atoms with Gasteiger partial charge in [0.1, 0.15) is 29.3 Å². The molecule has 0 aliphatic heterocycles. The minimum absolute atomic E-state index is 0.370. The van der Waals surface area contributed by atoms with Crippen molar-refractivity contribution in [2.75, 3.05) is 19.0 Å². The minimum atomic E-state index is -1.09. The molecule has 0 aliphatic rings. The maximum atomic E-state index is 12.0. The molecule has 0 saturated carbocycles. The molecule has 0 atom stereocenters. The number of rotatable bonds is 7. The van der Waals surface area contributed by atoms with Crippen LogP contribution in [-0.4, -0.2) is 40.6 Å². The molecule has 3 N–H and O–H groups in total. The molecule has 31 heavy (non-hydrogen) atoms. The number of nitrogens with one attached hydrogen (secondary N) is 2. The number of carboxylic acids is 1. The molecule has 0 bridgehead atoms. The van der Waals surface area contributed by atoms with Crippen LogP contribution in [0.3, 0.4) is 0 Å². The molecule has 0 fully saturated rings. The topological polar surface area (TPSA) is 113 Å². The molecule has 0 radical (unpaired) electrons. The first-order valence-corrected chi connectivity index (χ1v) is 10.2. The van der Waals surface area contributed by atoms with Gasteiger partial charge in [-0.05, 0) is 42.0 Å². The standard InChI is InChI=1S/C22H18N4O4S/c1-30-16-8-4-13(5-9-16)17-11-31-22-19(17)20(24-12-25-22)26-15-6-2-14(3-7-15)21(29)23-10-18(27)28/h2-9,11-12H,10H2,1H3,(H,23,29)(H,27,28)(H,24,25,26). The Kier molecular flexibility index (Phi) is 5.76. The first kappa shape index (κ1) is 20.3. The lowest BCUT2D eigenvalue weighted by Gasteiger charge is -2.10. The number of nitrogens with zero attached hydrogens (tertiary/aromatic N) is 2. The number of carbonyl (C=O) groups excluding carboxylic acids is 1. The highest BCUT2D eigenvalue weighted by Gasteiger charge is 2.14. The van der Waals surface area contributed by atoms with Crippen LogP contribution in [0.2, 0.25) is 0 Å². The summed E-state index contributed by atoms with van der Waals surface area (Å²) >= 11 is 1.53. The van der Waals surface area contributed by atoms with E-state index in [0.717, 1.165) is 32.8 Å². The van der Waals surface area contributed by atoms with Crippen molar-refractivity contribution in [3.05, 3.63) is 65.8 Å². The highest BCUT2D eigenvalue weighted by Crippen LogP contribution is 2.37. The van der Waals surface area contributed by atoms with E-state index in [0.29, 0.717) is 11.4 Å². The van der Waals surface area contributed by atoms with Crippen LogP contribution in [0.4, 0.5) is 11.5 Å². The van der Waals surface area contributed by atoms with Gasteiger partial charge < -0.3 is 20.5 Å². The van der Waals surface area contributed by atoms with Gasteiger partial charge in [-0.3, -0.25) is 9.59 Å². The largest absolute Gasteiger partial charge is 0.497 e. The van der Waals surface area contributed by atoms with E-state index in [1.807, 2.05) is 29.6 Å². The van der Waals surface area contributed by atoms with E-state index in [1.54, 1.807) is 31.4 Å². The number of carboxylic acid groups (broad SMARTS) is 1. The Labute approximate surface area is 181 Å². The maximum Gasteiger partial charge on any atom is 0.322 e. The van der Waals surface area contributed by atoms with E-state index in [9.17, 15) is 9.59 Å². The first-order chi connectivity index (χ1) is 15.0. The number of thiophene rings is 1. The van der Waals surface area contributed by atoms with Gasteiger partial charge in [0.05, 0.1) is 12.5 Å². The van der Waals surface area contributed by atoms with Crippen LogP contribution in [0.25, 0.3) is 21.3 Å². The van der Waals surface area contributed by atoms with Crippen LogP contribution in [0.1, 0.15) is 10.4 Å². The fraction of sp³-hybridized carbons (Fsp3) is 0.0909. The maximum absolute atomic E-state index is 12.0. The van der Waals surface area contributed by atoms with Crippen LogP contribution >= 0.6 is 11.3 Å². The second-order valence-electron chi connectivity index (χ2n) is 6.56. The van der Waals surface area contributed by atoms with E-state index in [2.05, 4.69) is 20.6 Å². The van der Waals surface area contributed by atoms with Crippen molar-refractivity contribution in [1.29, 1.82) is 0 Å². The second kappa shape index (κ2) is 8.80. The van der Waals surface area contributed by atoms with Gasteiger partial charge in [0.25, 0.3) is 5.91 Å². The van der Waals surface area contributed by atoms with Crippen molar-refractivity contribution in [2.45, 2.75) is 0 Å². The molecule has 8 nitrogen and oxygen atoms in total. The lowest BCUT2D eigenvalue weighted by Crippen LogP contribution is -2.29. The lowest BCUT2D eigenvalue weighted by molar-refractivity contribution is -0.135. The number of aliphatic carboxylic acids is 1. The summed E-state index contributed by atoms with van der Waals surface area (Å²) in [7, 11) is 1.63. The molecule has 4 aromatic rings. The monoisotopic (exact) mass is 434 g/mol. The zero-order chi connectivity index (χ0) is 21.8. The van der Waals surface area contributed by atoms with E-state index < -0.39 is 18.4 Å². The summed E-state index contributed by atoms with van der Waals surface area (Å²) in [5, 5.41) is 17.2. The third-order valence-corrected chi connectivity index (χ3v) is 5.47. The zero-order valence-corrected chi connectivity index (χ0v) is 17.3. The average molecular weight is 434 g/mol. The molecule has 0 unspecified atom stereocenters. The van der Waals surface area contributed by atoms with Crippen molar-refractivity contribution < 1.29 is 19.4 Å². The summed E-state index contributed by atoms with van der Waals surface area (Å²) < 4.78 is 5.24. The summed E-state index contributed by atoms with van der Waals surface area (Å²) in [4.78, 5) is 32.2. The van der Waals surface area contributed by atoms with Crippen molar-refractivity contribution >= 4 is 44.9 Å². The number of anilines is 2. The van der Waals surface area contributed by atoms with Crippen LogP contribution < -0.4 is 15.4 Å². The van der Waals surface area contributed by atoms with Crippen molar-refractivity contribution in [3.8, 4) is 16.9 Å². The van der Waals surface area contributed by atoms with Crippen molar-refractivity contribution in [1.82, 2.24) is 15.3 Å². The highest BCUT2D eigenvalue weighted by molar-refractivity contribution is 7.17. The number of aromatic nitrogens is 2. The van der Waals surface area contributed by atoms with Gasteiger partial charge in [0.15, 0.2) is 0 Å². The Morgan fingerprint density at radius 3 is 2.48 bits per heavy atom. The normalized spacial score (nSPS) is 10.6. The Morgan fingerprint density at radius 2 is 1.81 bits per heavy atom. The quantitative estimate of drug-likeness (QED) is 0.404. The summed E-state index contributed by atoms with van der Waals surface area (Å²) in [6.45, 7) is -0.427. The molecule has 4 rings (SSSR count). The number of fused-ring (bicyclic) bond motifs is 1. The first-order valence-electron chi connectivity index (χ1n) is 9.29. The van der Waals surface area contributed by atoms with Crippen molar-refractivity contribution in [2.24, 2.45) is 0 Å². The van der Waals surface area contributed by atoms with Gasteiger partial charge in [-0.25, -0.2) is 9.97 Å². The van der Waals surface area contributed by atoms with Crippen LogP contribution in [0.5, 0.6) is 5.75 Å². The Balaban J connectivity index is 1.60. The molecular formula is C22H18N4O4S. The van der Waals surface area contributed by atoms with Gasteiger partial charge in [0, 0.05) is 22.2 Å². The number of hydrogen-bond acceptors (Lipinski definition) is 7. The molecule has 1 amide bonds. The summed E-state index contributed by atoms with van der Waals surface area (Å²) in [5.41, 5.74) is 3.14. The average Bonchev–Trinajstić information content (AvgIpc) is 3.23. The summed E-state index contributed by atoms with van der Waals surface area (Å²) in [6, 6.07) is 14.5. The van der Waals surface area contributed by atoms with E-state index >= 15 is 0 Å². The number of ether oxygens (including phenoxy) is 1. The molecular weight excluding hydrogens is 416 g/mol. The molecule has 2 aromatic carbocycles. The number of amides is 1. The van der Waals surface area contributed by atoms with E-state index in [4.69, 9.17) is 9.84 Å². The summed E-state index contributed by atoms with van der Waals surface area (Å²) in [6.07, 6.45) is 1.51. The third kappa shape index (κ3) is 4.46. The number of carbonyl (C=O) groups is 2. The molecule has 2 aromatic heterocycles. The number of methoxy groups -OCH3 is 1. The van der Waals surface area contributed by atoms with E-state index in [1.165, 1.54) is 17.7 Å². The Bertz CT molecular complexity index is 1240. The van der Waals surface area contributed by atoms with Gasteiger partial charge in [-0.1, -0.05) is 12.1 Å². The minimum Gasteiger partial charge on any atom is -0.497 e. The van der Waals surface area contributed by atoms with Crippen LogP contribution in [0.15, 0.2) is 60.2 Å². The van der Waals surface area contributed by atoms with Gasteiger partial charge in [-0.2, -0.15) is 0 Å². The van der Waals surface area contributed by atoms with Gasteiger partial charge >= 0.3 is 5.97 Å². The highest BCUT2D eigenvalue weighted by atomic mass is 32.1. The lowest BCUT2D eigenvalue weighted by atomic mass is 10.1. The van der Waals surface area contributed by atoms with Crippen LogP contribution in [-0.2, 0) is 4.79 Å². The Hall–Kier alpha value is -3.98. The summed E-state index contributed by atoms with van der Waals surface area (Å²) in [5.74, 6) is -0.105. The second-order valence-corrected chi connectivity index (χ2v) is 7.42. The number of benzene rings is 2. The SMILES string of the molecule is COc1ccc(-c2csc3ncnc(Nc4ccc(C(=O)NCC(=O)O)cc4)c23)cc1. The number of hydrogen-bond donors (Lipinski definition) is 3. The van der Waals surface area contributed by atoms with Gasteiger partial charge in [-0.15, -0.1) is 11.3 Å². The fourth-order valence-corrected chi connectivity index (χ4v) is 3.97. The molecule has 9 heteroatoms. The Morgan fingerprint density at radius 1 is 1.06 bits per heavy atom. The molecule has 0 saturated heterocycles. The molecule has 156 valence electrons. The predicted octanol–water partition coefficient (Wildman–Crippen LogP) is 3.92. The molecule has 0 spiro atoms. The zero-order valence-electron chi connectivity index (χ0n) is 16.5. The fourth-order valence-electron chi connectivity index (χ4n) is 3.05. The third-order valence-electron chi connectivity index (χ3n) is 4.58. The van der Waals surface area contributed by atoms with Crippen molar-refractivity contribution in [3.63, 3.8) is 0 Å². The van der Waals surface area contributed by atoms with E-state index in [-0.39, 0.29) is 0 Å². The molecule has 2 heterocycles. The van der Waals surface area contributed by atoms with Gasteiger partial charge in [0.2, 0.25) is 0 Å². The molecule has 0 aliphatic carbocycles. The smallest absolute Gasteiger partial charge is 0.322 e. The van der Waals surface area contributed by atoms with Crippen LogP contribution in [0, 0.1) is 0 Å². The predicted molar refractivity (Wildman–Crippen MR) is 119 cm³/mol.